The molecule has 0 heterocycles. The summed E-state index contributed by atoms with van der Waals surface area (Å²) in [5.74, 6) is -0.263. The van der Waals surface area contributed by atoms with Crippen molar-refractivity contribution in [1.29, 1.82) is 0 Å². The molecule has 90 valence electrons. The molecule has 0 aromatic heterocycles. The first kappa shape index (κ1) is 13.2. The van der Waals surface area contributed by atoms with Crippen molar-refractivity contribution in [1.82, 2.24) is 0 Å². The molecule has 0 N–H and O–H groups in total. The van der Waals surface area contributed by atoms with Crippen LogP contribution in [0.3, 0.4) is 0 Å². The summed E-state index contributed by atoms with van der Waals surface area (Å²) in [6.45, 7) is 15.4. The molecular formula is C12H26O2Si. The minimum atomic E-state index is -0.529. The van der Waals surface area contributed by atoms with E-state index in [1.807, 2.05) is 0 Å². The third-order valence-electron chi connectivity index (χ3n) is 2.75. The predicted molar refractivity (Wildman–Crippen MR) is 66.7 cm³/mol. The monoisotopic (exact) mass is 230 g/mol. The Bertz CT molecular complexity index is 230. The van der Waals surface area contributed by atoms with E-state index < -0.39 is 9.76 Å². The van der Waals surface area contributed by atoms with Crippen LogP contribution in [0.4, 0.5) is 0 Å². The molecule has 0 aromatic carbocycles. The molecule has 1 rings (SSSR count). The molecule has 2 nitrogen and oxygen atoms in total. The van der Waals surface area contributed by atoms with Crippen molar-refractivity contribution in [2.24, 2.45) is 5.41 Å². The maximum absolute atomic E-state index is 6.15. The first-order chi connectivity index (χ1) is 6.58. The van der Waals surface area contributed by atoms with E-state index >= 15 is 0 Å². The normalized spacial score (nSPS) is 30.4. The Hall–Kier alpha value is 0.137. The fraction of sp³-hybridized carbons (Fsp3) is 1.00. The van der Waals surface area contributed by atoms with Crippen LogP contribution in [-0.4, -0.2) is 21.7 Å². The van der Waals surface area contributed by atoms with Crippen LogP contribution in [0.2, 0.25) is 5.04 Å². The molecule has 0 amide bonds. The van der Waals surface area contributed by atoms with E-state index in [1.54, 1.807) is 0 Å². The van der Waals surface area contributed by atoms with Gasteiger partial charge in [-0.2, -0.15) is 0 Å². The average molecular weight is 230 g/mol. The largest absolute Gasteiger partial charge is 0.396 e. The van der Waals surface area contributed by atoms with Crippen molar-refractivity contribution in [2.45, 2.75) is 71.8 Å². The molecule has 1 saturated carbocycles. The maximum Gasteiger partial charge on any atom is 0.170 e. The number of ether oxygens (including phenoxy) is 1. The molecular weight excluding hydrogens is 204 g/mol. The predicted octanol–water partition coefficient (Wildman–Crippen LogP) is 2.86. The fourth-order valence-corrected chi connectivity index (χ4v) is 2.96. The second kappa shape index (κ2) is 3.86. The molecule has 0 radical (unpaired) electrons. The van der Waals surface area contributed by atoms with E-state index in [9.17, 15) is 0 Å². The Morgan fingerprint density at radius 1 is 1.20 bits per heavy atom. The zero-order valence-electron chi connectivity index (χ0n) is 11.3. The van der Waals surface area contributed by atoms with Crippen molar-refractivity contribution in [3.8, 4) is 0 Å². The van der Waals surface area contributed by atoms with Crippen LogP contribution in [0.1, 0.15) is 54.9 Å². The van der Waals surface area contributed by atoms with Gasteiger partial charge in [-0.15, -0.1) is 0 Å². The van der Waals surface area contributed by atoms with E-state index in [-0.39, 0.29) is 17.3 Å². The zero-order valence-corrected chi connectivity index (χ0v) is 12.7. The van der Waals surface area contributed by atoms with Crippen LogP contribution in [0, 0.1) is 5.41 Å². The number of hydrogen-bond donors (Lipinski definition) is 0. The van der Waals surface area contributed by atoms with Gasteiger partial charge in [-0.1, -0.05) is 34.6 Å². The van der Waals surface area contributed by atoms with Gasteiger partial charge in [-0.25, -0.2) is 0 Å². The van der Waals surface area contributed by atoms with Crippen LogP contribution < -0.4 is 0 Å². The van der Waals surface area contributed by atoms with Crippen LogP contribution in [0.25, 0.3) is 0 Å². The second-order valence-electron chi connectivity index (χ2n) is 6.83. The maximum atomic E-state index is 6.15. The Balaban J connectivity index is 2.55. The van der Waals surface area contributed by atoms with Gasteiger partial charge >= 0.3 is 0 Å². The summed E-state index contributed by atoms with van der Waals surface area (Å²) in [5, 5.41) is 0.339. The zero-order chi connectivity index (χ0) is 11.9. The fourth-order valence-electron chi connectivity index (χ4n) is 1.73. The molecule has 0 saturated heterocycles. The molecule has 3 heteroatoms. The summed E-state index contributed by atoms with van der Waals surface area (Å²) in [6.07, 6.45) is 1.29. The summed E-state index contributed by atoms with van der Waals surface area (Å²) in [6, 6.07) is 0. The van der Waals surface area contributed by atoms with Gasteiger partial charge in [0.1, 0.15) is 0 Å². The van der Waals surface area contributed by atoms with Gasteiger partial charge in [0.15, 0.2) is 15.6 Å². The van der Waals surface area contributed by atoms with Crippen LogP contribution in [0.15, 0.2) is 0 Å². The lowest BCUT2D eigenvalue weighted by Crippen LogP contribution is -2.32. The van der Waals surface area contributed by atoms with Gasteiger partial charge in [0, 0.05) is 11.8 Å². The Morgan fingerprint density at radius 2 is 1.67 bits per heavy atom. The molecule has 1 aliphatic carbocycles. The Kier molecular flexibility index (Phi) is 3.40. The lowest BCUT2D eigenvalue weighted by molar-refractivity contribution is -0.155. The summed E-state index contributed by atoms with van der Waals surface area (Å²) in [7, 11) is -0.529. The van der Waals surface area contributed by atoms with Gasteiger partial charge in [-0.3, -0.25) is 0 Å². The average Bonchev–Trinajstić information content (AvgIpc) is 2.47. The first-order valence-corrected chi connectivity index (χ1v) is 7.18. The molecule has 0 aliphatic heterocycles. The SMILES string of the molecule is CC(C)OC1(O[SiH2]C(C)(C)C)CC1(C)C. The van der Waals surface area contributed by atoms with E-state index in [0.29, 0.717) is 5.04 Å². The Labute approximate surface area is 96.7 Å². The first-order valence-electron chi connectivity index (χ1n) is 5.90. The van der Waals surface area contributed by atoms with Crippen molar-refractivity contribution < 1.29 is 9.16 Å². The van der Waals surface area contributed by atoms with E-state index in [1.165, 1.54) is 0 Å². The minimum Gasteiger partial charge on any atom is -0.396 e. The van der Waals surface area contributed by atoms with Crippen molar-refractivity contribution in [2.75, 3.05) is 0 Å². The summed E-state index contributed by atoms with van der Waals surface area (Å²) < 4.78 is 12.1. The number of rotatable bonds is 4. The molecule has 1 aliphatic rings. The molecule has 0 spiro atoms. The van der Waals surface area contributed by atoms with Gasteiger partial charge in [0.25, 0.3) is 0 Å². The Morgan fingerprint density at radius 3 is 1.93 bits per heavy atom. The highest BCUT2D eigenvalue weighted by Crippen LogP contribution is 2.59. The highest BCUT2D eigenvalue weighted by Gasteiger charge is 2.64. The van der Waals surface area contributed by atoms with Crippen LogP contribution in [-0.2, 0) is 9.16 Å². The third-order valence-corrected chi connectivity index (χ3v) is 4.22. The molecule has 1 fully saturated rings. The molecule has 15 heavy (non-hydrogen) atoms. The third kappa shape index (κ3) is 3.30. The lowest BCUT2D eigenvalue weighted by Gasteiger charge is -2.28. The van der Waals surface area contributed by atoms with E-state index in [2.05, 4.69) is 48.5 Å². The minimum absolute atomic E-state index is 0.204. The molecule has 0 bridgehead atoms. The summed E-state index contributed by atoms with van der Waals surface area (Å²) in [4.78, 5) is 0. The molecule has 1 atom stereocenters. The van der Waals surface area contributed by atoms with Gasteiger partial charge < -0.3 is 9.16 Å². The van der Waals surface area contributed by atoms with Crippen LogP contribution in [0.5, 0.6) is 0 Å². The molecule has 0 aromatic rings. The summed E-state index contributed by atoms with van der Waals surface area (Å²) >= 11 is 0. The van der Waals surface area contributed by atoms with Crippen molar-refractivity contribution in [3.05, 3.63) is 0 Å². The smallest absolute Gasteiger partial charge is 0.170 e. The molecule has 1 unspecified atom stereocenters. The van der Waals surface area contributed by atoms with Crippen molar-refractivity contribution >= 4 is 9.76 Å². The standard InChI is InChI=1S/C12H26O2Si/c1-9(2)13-12(8-11(12,6)7)14-15-10(3,4)5/h9H,8,15H2,1-7H3. The topological polar surface area (TPSA) is 18.5 Å². The second-order valence-corrected chi connectivity index (χ2v) is 9.53. The van der Waals surface area contributed by atoms with E-state index in [0.717, 1.165) is 6.42 Å². The number of hydrogen-bond acceptors (Lipinski definition) is 2. The lowest BCUT2D eigenvalue weighted by atomic mass is 10.2. The van der Waals surface area contributed by atoms with E-state index in [4.69, 9.17) is 9.16 Å². The summed E-state index contributed by atoms with van der Waals surface area (Å²) in [5.41, 5.74) is 0.204. The van der Waals surface area contributed by atoms with Crippen LogP contribution >= 0.6 is 0 Å². The highest BCUT2D eigenvalue weighted by atomic mass is 28.2. The quantitative estimate of drug-likeness (QED) is 0.546. The van der Waals surface area contributed by atoms with Gasteiger partial charge in [0.2, 0.25) is 0 Å². The van der Waals surface area contributed by atoms with Crippen molar-refractivity contribution in [3.63, 3.8) is 0 Å². The highest BCUT2D eigenvalue weighted by molar-refractivity contribution is 6.31. The van der Waals surface area contributed by atoms with Gasteiger partial charge in [-0.05, 0) is 18.9 Å². The van der Waals surface area contributed by atoms with Gasteiger partial charge in [0.05, 0.1) is 6.10 Å².